The van der Waals surface area contributed by atoms with E-state index in [0.29, 0.717) is 0 Å². The Morgan fingerprint density at radius 2 is 0.526 bits per heavy atom. The Labute approximate surface area is 143 Å². The Hall–Kier alpha value is -0.820. The Bertz CT molecular complexity index is 186. The predicted molar refractivity (Wildman–Crippen MR) is 97.1 cm³/mol. The molecule has 0 amide bonds. The molecule has 1 aromatic rings. The maximum absolute atomic E-state index is 3.36. The minimum atomic E-state index is 0. The van der Waals surface area contributed by atoms with Gasteiger partial charge >= 0.3 is 29.6 Å². The van der Waals surface area contributed by atoms with Crippen LogP contribution >= 0.6 is 0 Å². The monoisotopic (exact) mass is 270 g/mol. The van der Waals surface area contributed by atoms with E-state index in [9.17, 15) is 0 Å². The molecule has 0 aromatic heterocycles. The molecule has 0 heterocycles. The van der Waals surface area contributed by atoms with E-state index in [1.807, 2.05) is 64.1 Å². The molecule has 0 N–H and O–H groups in total. The molecule has 0 saturated heterocycles. The largest absolute Gasteiger partial charge is 0.0623 e. The zero-order chi connectivity index (χ0) is 15.1. The second kappa shape index (κ2) is 53.4. The van der Waals surface area contributed by atoms with Gasteiger partial charge in [-0.2, -0.15) is 0 Å². The van der Waals surface area contributed by atoms with E-state index in [2.05, 4.69) is 26.3 Å². The van der Waals surface area contributed by atoms with Crippen molar-refractivity contribution in [1.29, 1.82) is 0 Å². The van der Waals surface area contributed by atoms with Crippen molar-refractivity contribution in [3.05, 3.63) is 87.0 Å². The molecule has 0 atom stereocenters. The fraction of sp³-hybridized carbons (Fsp3) is 0.222. The average Bonchev–Trinajstić information content (AvgIpc) is 2.35. The first kappa shape index (κ1) is 30.9. The van der Waals surface area contributed by atoms with Crippen LogP contribution in [0.1, 0.15) is 27.7 Å². The quantitative estimate of drug-likeness (QED) is 0.412. The third-order valence-corrected chi connectivity index (χ3v) is 0.667. The van der Waals surface area contributed by atoms with E-state index < -0.39 is 0 Å². The molecule has 0 saturated carbocycles. The van der Waals surface area contributed by atoms with Crippen LogP contribution in [0.5, 0.6) is 0 Å². The summed E-state index contributed by atoms with van der Waals surface area (Å²) < 4.78 is 0. The molecule has 0 aliphatic heterocycles. The Morgan fingerprint density at radius 1 is 0.474 bits per heavy atom. The van der Waals surface area contributed by atoms with Crippen LogP contribution in [0.4, 0.5) is 0 Å². The van der Waals surface area contributed by atoms with E-state index in [1.54, 1.807) is 24.3 Å². The zero-order valence-electron chi connectivity index (χ0n) is 12.6. The van der Waals surface area contributed by atoms with Crippen LogP contribution in [0.3, 0.4) is 0 Å². The molecule has 0 aliphatic carbocycles. The van der Waals surface area contributed by atoms with Crippen molar-refractivity contribution in [3.63, 3.8) is 0 Å². The molecule has 104 valence electrons. The van der Waals surface area contributed by atoms with E-state index in [4.69, 9.17) is 0 Å². The molecule has 0 unspecified atom stereocenters. The number of rotatable bonds is 0. The van der Waals surface area contributed by atoms with Crippen LogP contribution < -0.4 is 0 Å². The van der Waals surface area contributed by atoms with Crippen LogP contribution in [-0.2, 0) is 0 Å². The van der Waals surface area contributed by atoms with Crippen molar-refractivity contribution in [2.75, 3.05) is 0 Å². The fourth-order valence-electron chi connectivity index (χ4n) is 0.385. The maximum atomic E-state index is 3.36. The van der Waals surface area contributed by atoms with Gasteiger partial charge in [-0.15, -0.1) is 26.3 Å². The molecule has 1 rings (SSSR count). The van der Waals surface area contributed by atoms with Crippen molar-refractivity contribution < 1.29 is 0 Å². The van der Waals surface area contributed by atoms with Crippen molar-refractivity contribution in [2.45, 2.75) is 27.7 Å². The molecule has 0 radical (unpaired) electrons. The third-order valence-electron chi connectivity index (χ3n) is 0.667. The van der Waals surface area contributed by atoms with Gasteiger partial charge in [0.2, 0.25) is 0 Å². The topological polar surface area (TPSA) is 0 Å². The first-order valence-corrected chi connectivity index (χ1v) is 5.94. The molecule has 1 heteroatoms. The summed E-state index contributed by atoms with van der Waals surface area (Å²) in [6, 6.07) is 12.0. The van der Waals surface area contributed by atoms with Crippen LogP contribution in [0.15, 0.2) is 87.0 Å². The second-order valence-electron chi connectivity index (χ2n) is 2.79. The second-order valence-corrected chi connectivity index (χ2v) is 2.79. The van der Waals surface area contributed by atoms with Gasteiger partial charge < -0.3 is 0 Å². The predicted octanol–water partition coefficient (Wildman–Crippen LogP) is 5.81. The molecule has 0 aliphatic rings. The first-order chi connectivity index (χ1) is 8.66. The summed E-state index contributed by atoms with van der Waals surface area (Å²) in [5, 5.41) is 0. The van der Waals surface area contributed by atoms with Crippen LogP contribution in [0, 0.1) is 0 Å². The van der Waals surface area contributed by atoms with E-state index in [0.717, 1.165) is 0 Å². The minimum Gasteiger partial charge on any atom is -0.0623 e. The van der Waals surface area contributed by atoms with Crippen molar-refractivity contribution >= 4 is 29.6 Å². The summed E-state index contributed by atoms with van der Waals surface area (Å²) in [6.07, 6.45) is 7.00. The van der Waals surface area contributed by atoms with Gasteiger partial charge in [-0.1, -0.05) is 60.7 Å². The van der Waals surface area contributed by atoms with Gasteiger partial charge in [0.1, 0.15) is 0 Å². The van der Waals surface area contributed by atoms with Gasteiger partial charge in [-0.3, -0.25) is 0 Å². The van der Waals surface area contributed by atoms with Gasteiger partial charge in [-0.25, -0.2) is 0 Å². The molecule has 0 fully saturated rings. The van der Waals surface area contributed by atoms with Crippen molar-refractivity contribution in [2.24, 2.45) is 0 Å². The van der Waals surface area contributed by atoms with Gasteiger partial charge in [0.15, 0.2) is 0 Å². The van der Waals surface area contributed by atoms with Gasteiger partial charge in [0.05, 0.1) is 0 Å². The Morgan fingerprint density at radius 3 is 0.579 bits per heavy atom. The van der Waals surface area contributed by atoms with E-state index >= 15 is 0 Å². The summed E-state index contributed by atoms with van der Waals surface area (Å²) in [5.74, 6) is 0. The van der Waals surface area contributed by atoms with Crippen molar-refractivity contribution in [3.8, 4) is 0 Å². The third kappa shape index (κ3) is 148. The summed E-state index contributed by atoms with van der Waals surface area (Å²) in [4.78, 5) is 0. The number of allylic oxidation sites excluding steroid dienone is 4. The zero-order valence-corrected chi connectivity index (χ0v) is 12.6. The average molecular weight is 270 g/mol. The summed E-state index contributed by atoms with van der Waals surface area (Å²) in [7, 11) is 0. The first-order valence-electron chi connectivity index (χ1n) is 5.94. The molecule has 1 aromatic carbocycles. The molecule has 0 spiro atoms. The Kier molecular flexibility index (Phi) is 86.8. The van der Waals surface area contributed by atoms with Gasteiger partial charge in [0.25, 0.3) is 0 Å². The molecular formula is C18H31Na. The van der Waals surface area contributed by atoms with Crippen molar-refractivity contribution in [1.82, 2.24) is 0 Å². The normalized spacial score (nSPS) is 5.26. The number of benzene rings is 1. The summed E-state index contributed by atoms with van der Waals surface area (Å²) >= 11 is 0. The smallest absolute Gasteiger partial charge is 0.0623 e. The molecule has 0 bridgehead atoms. The molecule has 0 nitrogen and oxygen atoms in total. The van der Waals surface area contributed by atoms with Crippen LogP contribution in [-0.4, -0.2) is 29.6 Å². The molecule has 19 heavy (non-hydrogen) atoms. The summed E-state index contributed by atoms with van der Waals surface area (Å²) in [6.45, 7) is 21.0. The van der Waals surface area contributed by atoms with Gasteiger partial charge in [-0.05, 0) is 27.7 Å². The SMILES string of the molecule is C=CC.C=CC.C=CC.C=CC.[NaH].c1ccccc1. The van der Waals surface area contributed by atoms with E-state index in [1.165, 1.54) is 0 Å². The molecular weight excluding hydrogens is 239 g/mol. The number of hydrogen-bond donors (Lipinski definition) is 0. The Balaban J connectivity index is -0.0000000449. The van der Waals surface area contributed by atoms with Crippen LogP contribution in [0.25, 0.3) is 0 Å². The minimum absolute atomic E-state index is 0. The summed E-state index contributed by atoms with van der Waals surface area (Å²) in [5.41, 5.74) is 0. The maximum Gasteiger partial charge on any atom is -0.0623 e. The standard InChI is InChI=1S/C6H6.4C3H6.Na.H/c1-2-4-6-5-3-1;4*1-3-2;;/h1-6H;4*3H,1H2,2H3;;. The fourth-order valence-corrected chi connectivity index (χ4v) is 0.385. The van der Waals surface area contributed by atoms with Gasteiger partial charge in [0, 0.05) is 0 Å². The number of hydrogen-bond acceptors (Lipinski definition) is 0. The van der Waals surface area contributed by atoms with Crippen LogP contribution in [0.2, 0.25) is 0 Å². The van der Waals surface area contributed by atoms with E-state index in [-0.39, 0.29) is 29.6 Å².